The van der Waals surface area contributed by atoms with Gasteiger partial charge < -0.3 is 10.1 Å². The maximum Gasteiger partial charge on any atom is 0.295 e. The molecule has 4 rings (SSSR count). The molecule has 0 unspecified atom stereocenters. The van der Waals surface area contributed by atoms with Gasteiger partial charge in [-0.05, 0) is 61.4 Å². The fourth-order valence-corrected chi connectivity index (χ4v) is 6.95. The van der Waals surface area contributed by atoms with Crippen molar-refractivity contribution in [2.75, 3.05) is 37.2 Å². The summed E-state index contributed by atoms with van der Waals surface area (Å²) in [6, 6.07) is 12.8. The molecular weight excluding hydrogens is 717 g/mol. The number of thioether (sulfide) groups is 2. The zero-order valence-electron chi connectivity index (χ0n) is 25.2. The predicted molar refractivity (Wildman–Crippen MR) is 179 cm³/mol. The first-order valence-electron chi connectivity index (χ1n) is 13.1. The van der Waals surface area contributed by atoms with Crippen LogP contribution in [0.25, 0.3) is 10.8 Å². The van der Waals surface area contributed by atoms with Crippen molar-refractivity contribution in [3.63, 3.8) is 0 Å². The number of methoxy groups -OCH3 is 1. The summed E-state index contributed by atoms with van der Waals surface area (Å²) in [5.41, 5.74) is 1.71. The summed E-state index contributed by atoms with van der Waals surface area (Å²) in [5, 5.41) is 25.1. The van der Waals surface area contributed by atoms with E-state index in [0.717, 1.165) is 5.69 Å². The van der Waals surface area contributed by atoms with Crippen LogP contribution in [-0.2, 0) is 29.6 Å². The van der Waals surface area contributed by atoms with E-state index >= 15 is 0 Å². The van der Waals surface area contributed by atoms with Gasteiger partial charge in [-0.1, -0.05) is 34.6 Å². The quantitative estimate of drug-likeness (QED) is 0.0212. The second-order valence-electron chi connectivity index (χ2n) is 9.00. The van der Waals surface area contributed by atoms with Crippen LogP contribution in [0, 0.1) is 6.92 Å². The van der Waals surface area contributed by atoms with Gasteiger partial charge in [0.25, 0.3) is 20.2 Å². The molecule has 4 N–H and O–H groups in total. The number of anilines is 1. The summed E-state index contributed by atoms with van der Waals surface area (Å²) in [7, 11) is -5.10. The molecule has 0 radical (unpaired) electrons. The van der Waals surface area contributed by atoms with Crippen LogP contribution in [0.5, 0.6) is 5.75 Å². The number of benzene rings is 3. The van der Waals surface area contributed by atoms with Crippen LogP contribution in [0.15, 0.2) is 78.9 Å². The van der Waals surface area contributed by atoms with E-state index in [-0.39, 0.29) is 20.9 Å². The van der Waals surface area contributed by atoms with Crippen molar-refractivity contribution >= 4 is 83.6 Å². The monoisotopic (exact) mass is 746 g/mol. The van der Waals surface area contributed by atoms with E-state index in [4.69, 9.17) is 14.5 Å². The van der Waals surface area contributed by atoms with E-state index in [2.05, 4.69) is 39.9 Å². The molecule has 16 nitrogen and oxygen atoms in total. The molecule has 0 fully saturated rings. The molecule has 0 spiro atoms. The zero-order chi connectivity index (χ0) is 34.6. The van der Waals surface area contributed by atoms with E-state index in [1.807, 2.05) is 6.26 Å². The summed E-state index contributed by atoms with van der Waals surface area (Å²) in [6.07, 6.45) is 2.24. The van der Waals surface area contributed by atoms with Gasteiger partial charge in [-0.25, -0.2) is 15.2 Å². The number of ether oxygens (including phenoxy) is 1. The van der Waals surface area contributed by atoms with Crippen LogP contribution < -0.4 is 10.1 Å². The third-order valence-corrected chi connectivity index (χ3v) is 9.45. The number of hydrogen-bond donors (Lipinski definition) is 4. The van der Waals surface area contributed by atoms with E-state index in [1.165, 1.54) is 35.7 Å². The van der Waals surface area contributed by atoms with Crippen molar-refractivity contribution in [3.8, 4) is 5.75 Å². The highest BCUT2D eigenvalue weighted by atomic mass is 32.2. The smallest absolute Gasteiger partial charge is 0.295 e. The summed E-state index contributed by atoms with van der Waals surface area (Å²) >= 11 is 3.36. The molecule has 4 aromatic rings. The Labute approximate surface area is 283 Å². The molecule has 1 aromatic heterocycles. The fourth-order valence-electron chi connectivity index (χ4n) is 3.72. The summed E-state index contributed by atoms with van der Waals surface area (Å²) in [4.78, 5) is 12.4. The molecule has 1 heterocycles. The summed E-state index contributed by atoms with van der Waals surface area (Å²) < 4.78 is 72.5. The first-order chi connectivity index (χ1) is 22.3. The maximum atomic E-state index is 11.8. The molecule has 254 valence electrons. The number of aromatic nitrogens is 3. The Bertz CT molecular complexity index is 1930. The van der Waals surface area contributed by atoms with Crippen LogP contribution in [0.4, 0.5) is 17.1 Å². The molecule has 21 heteroatoms. The molecule has 0 saturated heterocycles. The number of azo groups is 1. The zero-order valence-corrected chi connectivity index (χ0v) is 29.3. The predicted octanol–water partition coefficient (Wildman–Crippen LogP) is 6.25. The molecule has 0 aliphatic heterocycles. The number of nitrogens with one attached hydrogen (secondary N) is 1. The Morgan fingerprint density at radius 3 is 2.23 bits per heavy atom. The third kappa shape index (κ3) is 12.4. The average Bonchev–Trinajstić information content (AvgIpc) is 3.03. The number of aryl methyl sites for hydroxylation is 1. The van der Waals surface area contributed by atoms with Gasteiger partial charge in [0.05, 0.1) is 42.0 Å². The lowest BCUT2D eigenvalue weighted by Crippen LogP contribution is -2.05. The van der Waals surface area contributed by atoms with Crippen molar-refractivity contribution in [2.24, 2.45) is 10.2 Å². The molecule has 0 aliphatic carbocycles. The van der Waals surface area contributed by atoms with Crippen LogP contribution in [0.3, 0.4) is 0 Å². The number of fused-ring (bicyclic) bond motifs is 1. The Morgan fingerprint density at radius 1 is 0.936 bits per heavy atom. The third-order valence-electron chi connectivity index (χ3n) is 5.71. The van der Waals surface area contributed by atoms with Gasteiger partial charge in [-0.2, -0.15) is 32.0 Å². The molecule has 0 saturated carbocycles. The van der Waals surface area contributed by atoms with Crippen molar-refractivity contribution in [3.05, 3.63) is 54.4 Å². The first-order valence-corrected chi connectivity index (χ1v) is 19.1. The second-order valence-corrected chi connectivity index (χ2v) is 14.6. The molecular formula is C26H30N6O10S5. The van der Waals surface area contributed by atoms with Gasteiger partial charge in [0.15, 0.2) is 10.3 Å². The van der Waals surface area contributed by atoms with Gasteiger partial charge >= 0.3 is 0 Å². The SMILES string of the molecule is CNc1ccc(N=Nc2ccc3cc(SOOO)cc(S(=O)(=O)O)c3c2)cc1OC.CSc1nc(C)nc(SCCCS(=O)(=O)O)n1. The van der Waals surface area contributed by atoms with Crippen LogP contribution >= 0.6 is 35.6 Å². The highest BCUT2D eigenvalue weighted by molar-refractivity contribution is 7.99. The first kappa shape index (κ1) is 38.3. The molecule has 47 heavy (non-hydrogen) atoms. The highest BCUT2D eigenvalue weighted by Crippen LogP contribution is 2.34. The van der Waals surface area contributed by atoms with Crippen molar-refractivity contribution in [2.45, 2.75) is 33.4 Å². The minimum Gasteiger partial charge on any atom is -0.495 e. The number of nitrogens with zero attached hydrogens (tertiary/aromatic N) is 5. The molecule has 0 amide bonds. The Hall–Kier alpha value is -3.12. The van der Waals surface area contributed by atoms with Crippen molar-refractivity contribution in [1.82, 2.24) is 15.0 Å². The number of rotatable bonds is 14. The van der Waals surface area contributed by atoms with Gasteiger partial charge in [0, 0.05) is 29.1 Å². The lowest BCUT2D eigenvalue weighted by molar-refractivity contribution is -0.432. The topological polar surface area (TPSA) is 232 Å². The Morgan fingerprint density at radius 2 is 1.62 bits per heavy atom. The second kappa shape index (κ2) is 17.9. The lowest BCUT2D eigenvalue weighted by atomic mass is 10.1. The molecule has 0 atom stereocenters. The summed E-state index contributed by atoms with van der Waals surface area (Å²) in [5.74, 6) is 1.54. The maximum absolute atomic E-state index is 11.8. The Kier molecular flexibility index (Phi) is 14.6. The van der Waals surface area contributed by atoms with Crippen LogP contribution in [0.1, 0.15) is 12.2 Å². The van der Waals surface area contributed by atoms with E-state index in [9.17, 15) is 21.4 Å². The average molecular weight is 747 g/mol. The van der Waals surface area contributed by atoms with E-state index < -0.39 is 20.2 Å². The molecule has 0 aliphatic rings. The molecule has 3 aromatic carbocycles. The largest absolute Gasteiger partial charge is 0.495 e. The van der Waals surface area contributed by atoms with Gasteiger partial charge in [-0.3, -0.25) is 9.11 Å². The minimum atomic E-state index is -4.55. The van der Waals surface area contributed by atoms with Crippen molar-refractivity contribution in [1.29, 1.82) is 0 Å². The Balaban J connectivity index is 0.000000300. The van der Waals surface area contributed by atoms with E-state index in [1.54, 1.807) is 57.5 Å². The summed E-state index contributed by atoms with van der Waals surface area (Å²) in [6.45, 7) is 1.78. The van der Waals surface area contributed by atoms with Crippen molar-refractivity contribution < 1.29 is 45.3 Å². The van der Waals surface area contributed by atoms with Crippen LogP contribution in [0.2, 0.25) is 0 Å². The van der Waals surface area contributed by atoms with Crippen LogP contribution in [-0.4, -0.2) is 78.1 Å². The minimum absolute atomic E-state index is 0.237. The lowest BCUT2D eigenvalue weighted by Gasteiger charge is -2.08. The van der Waals surface area contributed by atoms with Gasteiger partial charge in [-0.15, -0.1) is 4.33 Å². The highest BCUT2D eigenvalue weighted by Gasteiger charge is 2.17. The molecule has 0 bridgehead atoms. The normalized spacial score (nSPS) is 11.8. The number of hydrogen-bond acceptors (Lipinski definition) is 17. The van der Waals surface area contributed by atoms with Gasteiger partial charge in [0.2, 0.25) is 0 Å². The van der Waals surface area contributed by atoms with E-state index in [0.29, 0.717) is 62.9 Å². The van der Waals surface area contributed by atoms with Gasteiger partial charge in [0.1, 0.15) is 16.5 Å². The fraction of sp³-hybridized carbons (Fsp3) is 0.269. The standard InChI is InChI=1S/C18H17N3O7S2.C8H13N3O3S3/c1-19-16-6-5-13(9-17(16)26-2)21-20-12-4-3-11-7-14(29-28-27-22)10-18(15(11)8-12)30(23,24)25;1-6-9-7(15-2)11-8(10-6)16-4-3-5-17(12,13)14/h3-10,19,22H,1-2H3,(H,23,24,25);3-5H2,1-2H3,(H,12,13,14).